The van der Waals surface area contributed by atoms with Crippen LogP contribution in [-0.2, 0) is 9.59 Å². The minimum absolute atomic E-state index is 0.256. The van der Waals surface area contributed by atoms with Crippen molar-refractivity contribution in [3.63, 3.8) is 0 Å². The molecule has 8 nitrogen and oxygen atoms in total. The second-order valence-electron chi connectivity index (χ2n) is 14.5. The Balaban J connectivity index is 1.16. The zero-order valence-corrected chi connectivity index (χ0v) is 32.9. The molecule has 0 saturated heterocycles. The zero-order chi connectivity index (χ0) is 41.8. The number of carboxylic acid groups (broad SMARTS) is 2. The van der Waals surface area contributed by atoms with Crippen LogP contribution in [-0.4, -0.2) is 22.2 Å². The summed E-state index contributed by atoms with van der Waals surface area (Å²) in [5, 5.41) is 27.8. The number of hydrogen-bond donors (Lipinski definition) is 2. The van der Waals surface area contributed by atoms with Crippen LogP contribution in [0.3, 0.4) is 0 Å². The Labute approximate surface area is 350 Å². The summed E-state index contributed by atoms with van der Waals surface area (Å²) < 4.78 is 0. The summed E-state index contributed by atoms with van der Waals surface area (Å²) in [6, 6.07) is 47.6. The molecule has 5 aromatic rings. The van der Waals surface area contributed by atoms with Crippen molar-refractivity contribution in [2.24, 2.45) is 0 Å². The first-order chi connectivity index (χ1) is 29.3. The average Bonchev–Trinajstić information content (AvgIpc) is 3.27. The van der Waals surface area contributed by atoms with Crippen LogP contribution in [0, 0.1) is 17.9 Å². The van der Waals surface area contributed by atoms with E-state index in [-0.39, 0.29) is 11.3 Å². The number of benzene rings is 5. The van der Waals surface area contributed by atoms with Gasteiger partial charge in [0.15, 0.2) is 0 Å². The minimum atomic E-state index is -1.21. The van der Waals surface area contributed by atoms with Crippen LogP contribution in [0.4, 0.5) is 34.1 Å². The van der Waals surface area contributed by atoms with Crippen molar-refractivity contribution in [1.82, 2.24) is 0 Å². The molecule has 0 amide bonds. The van der Waals surface area contributed by atoms with Crippen LogP contribution in [0.1, 0.15) is 49.7 Å². The van der Waals surface area contributed by atoms with Gasteiger partial charge in [-0.25, -0.2) is 9.64 Å². The number of allylic oxidation sites excluding steroid dienone is 8. The van der Waals surface area contributed by atoms with Gasteiger partial charge >= 0.3 is 11.9 Å². The van der Waals surface area contributed by atoms with Gasteiger partial charge in [-0.05, 0) is 151 Å². The standard InChI is InChI=1S/C52H42N4O4/c1-54-50(52(59)60)35-42-13-9-11-40(33-42)31-38-20-24-47(25-21-38)56(45-16-6-3-7-17-45)49-28-26-48(27-29-49)55(44-14-4-2-5-15-44)46-22-18-37(19-23-46)30-39-10-8-12-41(32-39)34-43(36-53)51(57)58/h2-7,14-35H,8-13H2,(H,57,58)(H,59,60). The predicted molar refractivity (Wildman–Crippen MR) is 239 cm³/mol. The number of aliphatic carboxylic acids is 2. The molecule has 0 aromatic heterocycles. The van der Waals surface area contributed by atoms with Gasteiger partial charge in [0.1, 0.15) is 11.6 Å². The van der Waals surface area contributed by atoms with Crippen LogP contribution in [0.15, 0.2) is 191 Å². The molecule has 0 bridgehead atoms. The third kappa shape index (κ3) is 9.95. The van der Waals surface area contributed by atoms with Crippen LogP contribution < -0.4 is 9.80 Å². The number of hydrogen-bond acceptors (Lipinski definition) is 5. The Morgan fingerprint density at radius 2 is 0.933 bits per heavy atom. The fourth-order valence-electron chi connectivity index (χ4n) is 7.52. The van der Waals surface area contributed by atoms with E-state index in [2.05, 4.69) is 124 Å². The molecule has 0 radical (unpaired) electrons. The van der Waals surface area contributed by atoms with E-state index in [4.69, 9.17) is 6.57 Å². The lowest BCUT2D eigenvalue weighted by molar-refractivity contribution is -0.133. The first-order valence-electron chi connectivity index (χ1n) is 19.8. The first-order valence-corrected chi connectivity index (χ1v) is 19.8. The number of carboxylic acids is 2. The molecule has 0 saturated carbocycles. The Kier molecular flexibility index (Phi) is 12.8. The molecule has 2 aliphatic carbocycles. The summed E-state index contributed by atoms with van der Waals surface area (Å²) in [5.74, 6) is -2.42. The summed E-state index contributed by atoms with van der Waals surface area (Å²) >= 11 is 0. The Bertz CT molecular complexity index is 2450. The van der Waals surface area contributed by atoms with Gasteiger partial charge in [-0.15, -0.1) is 0 Å². The quantitative estimate of drug-likeness (QED) is 0.0736. The SMILES string of the molecule is [C-]#[N+]C(=CC1=CC(=Cc2ccc(N(c3ccccc3)c3ccc(N(c4ccccc4)c4ccc(C=C5C=C(C=C(C#N)C(=O)O)CCC5)cc4)cc3)cc2)CCC1)C(=O)O. The Morgan fingerprint density at radius 3 is 1.30 bits per heavy atom. The van der Waals surface area contributed by atoms with Crippen molar-refractivity contribution in [2.45, 2.75) is 38.5 Å². The summed E-state index contributed by atoms with van der Waals surface area (Å²) in [5.41, 5.74) is 11.4. The Hall–Kier alpha value is -7.94. The zero-order valence-electron chi connectivity index (χ0n) is 32.9. The van der Waals surface area contributed by atoms with E-state index in [1.54, 1.807) is 6.07 Å². The van der Waals surface area contributed by atoms with Crippen molar-refractivity contribution >= 4 is 58.2 Å². The number of nitriles is 1. The second kappa shape index (κ2) is 19.0. The van der Waals surface area contributed by atoms with Gasteiger partial charge in [0.05, 0.1) is 6.57 Å². The van der Waals surface area contributed by atoms with E-state index < -0.39 is 11.9 Å². The number of anilines is 6. The van der Waals surface area contributed by atoms with E-state index in [1.807, 2.05) is 48.6 Å². The van der Waals surface area contributed by atoms with Crippen LogP contribution >= 0.6 is 0 Å². The third-order valence-electron chi connectivity index (χ3n) is 10.3. The number of nitrogens with zero attached hydrogens (tertiary/aromatic N) is 4. The van der Waals surface area contributed by atoms with Gasteiger partial charge in [0.25, 0.3) is 5.70 Å². The first kappa shape index (κ1) is 40.3. The lowest BCUT2D eigenvalue weighted by Crippen LogP contribution is -2.12. The van der Waals surface area contributed by atoms with E-state index in [9.17, 15) is 25.1 Å². The molecule has 0 heterocycles. The Morgan fingerprint density at radius 1 is 0.550 bits per heavy atom. The summed E-state index contributed by atoms with van der Waals surface area (Å²) in [7, 11) is 0. The van der Waals surface area contributed by atoms with Gasteiger partial charge in [0.2, 0.25) is 0 Å². The van der Waals surface area contributed by atoms with Gasteiger partial charge in [-0.1, -0.05) is 90.5 Å². The molecule has 8 heteroatoms. The largest absolute Gasteiger partial charge is 0.486 e. The third-order valence-corrected chi connectivity index (χ3v) is 10.3. The average molecular weight is 787 g/mol. The lowest BCUT2D eigenvalue weighted by Gasteiger charge is -2.28. The van der Waals surface area contributed by atoms with Crippen molar-refractivity contribution in [2.75, 3.05) is 9.80 Å². The highest BCUT2D eigenvalue weighted by Crippen LogP contribution is 2.39. The normalized spacial score (nSPS) is 15.6. The molecule has 0 fully saturated rings. The van der Waals surface area contributed by atoms with E-state index in [0.717, 1.165) is 106 Å². The summed E-state index contributed by atoms with van der Waals surface area (Å²) in [6.07, 6.45) is 16.2. The minimum Gasteiger partial charge on any atom is -0.486 e. The van der Waals surface area contributed by atoms with Crippen molar-refractivity contribution < 1.29 is 19.8 Å². The number of carbonyl (C=O) groups is 2. The van der Waals surface area contributed by atoms with Gasteiger partial charge in [0, 0.05) is 34.1 Å². The molecule has 2 N–H and O–H groups in total. The van der Waals surface area contributed by atoms with Crippen molar-refractivity contribution in [3.8, 4) is 6.07 Å². The van der Waals surface area contributed by atoms with Crippen LogP contribution in [0.5, 0.6) is 0 Å². The molecule has 0 aliphatic heterocycles. The molecule has 2 aliphatic rings. The monoisotopic (exact) mass is 786 g/mol. The van der Waals surface area contributed by atoms with Crippen molar-refractivity contribution in [1.29, 1.82) is 5.26 Å². The van der Waals surface area contributed by atoms with E-state index >= 15 is 0 Å². The molecule has 294 valence electrons. The van der Waals surface area contributed by atoms with Crippen molar-refractivity contribution in [3.05, 3.63) is 214 Å². The molecule has 0 unspecified atom stereocenters. The highest BCUT2D eigenvalue weighted by atomic mass is 16.4. The fraction of sp³-hybridized carbons (Fsp3) is 0.115. The van der Waals surface area contributed by atoms with E-state index in [1.165, 1.54) is 12.2 Å². The highest BCUT2D eigenvalue weighted by Gasteiger charge is 2.17. The molecule has 7 rings (SSSR count). The topological polar surface area (TPSA) is 109 Å². The smallest absolute Gasteiger partial charge is 0.346 e. The van der Waals surface area contributed by atoms with Gasteiger partial charge < -0.3 is 20.0 Å². The molecular formula is C52H42N4O4. The maximum atomic E-state index is 11.4. The van der Waals surface area contributed by atoms with Gasteiger partial charge in [-0.3, -0.25) is 4.79 Å². The highest BCUT2D eigenvalue weighted by molar-refractivity contribution is 5.92. The summed E-state index contributed by atoms with van der Waals surface area (Å²) in [6.45, 7) is 7.19. The molecule has 5 aromatic carbocycles. The lowest BCUT2D eigenvalue weighted by atomic mass is 9.92. The molecular weight excluding hydrogens is 745 g/mol. The molecule has 0 spiro atoms. The van der Waals surface area contributed by atoms with Crippen LogP contribution in [0.2, 0.25) is 0 Å². The second-order valence-corrected chi connectivity index (χ2v) is 14.5. The maximum absolute atomic E-state index is 11.4. The fourth-order valence-corrected chi connectivity index (χ4v) is 7.52. The van der Waals surface area contributed by atoms with E-state index in [0.29, 0.717) is 0 Å². The maximum Gasteiger partial charge on any atom is 0.346 e. The molecule has 60 heavy (non-hydrogen) atoms. The van der Waals surface area contributed by atoms with Gasteiger partial charge in [-0.2, -0.15) is 5.26 Å². The summed E-state index contributed by atoms with van der Waals surface area (Å²) in [4.78, 5) is 30.4. The molecule has 0 atom stereocenters. The number of para-hydroxylation sites is 2. The number of rotatable bonds is 12. The van der Waals surface area contributed by atoms with Crippen LogP contribution in [0.25, 0.3) is 17.0 Å². The predicted octanol–water partition coefficient (Wildman–Crippen LogP) is 13.0.